The Bertz CT molecular complexity index is 877. The summed E-state index contributed by atoms with van der Waals surface area (Å²) >= 11 is 0. The lowest BCUT2D eigenvalue weighted by Gasteiger charge is -2.08. The number of ether oxygens (including phenoxy) is 2. The third kappa shape index (κ3) is 2.55. The van der Waals surface area contributed by atoms with E-state index < -0.39 is 5.91 Å². The van der Waals surface area contributed by atoms with Crippen molar-refractivity contribution >= 4 is 22.6 Å². The van der Waals surface area contributed by atoms with E-state index in [2.05, 4.69) is 0 Å². The summed E-state index contributed by atoms with van der Waals surface area (Å²) in [7, 11) is 3.18. The normalized spacial score (nSPS) is 10.7. The van der Waals surface area contributed by atoms with Gasteiger partial charge < -0.3 is 25.4 Å². The Hall–Kier alpha value is -3.15. The molecule has 1 amide bonds. The van der Waals surface area contributed by atoms with E-state index in [1.54, 1.807) is 32.4 Å². The molecule has 118 valence electrons. The van der Waals surface area contributed by atoms with Crippen molar-refractivity contribution < 1.29 is 18.7 Å². The van der Waals surface area contributed by atoms with Crippen LogP contribution in [0.3, 0.4) is 0 Å². The number of hydrogen-bond donors (Lipinski definition) is 2. The molecule has 0 atom stereocenters. The third-order valence-electron chi connectivity index (χ3n) is 3.64. The monoisotopic (exact) mass is 312 g/mol. The maximum atomic E-state index is 11.3. The van der Waals surface area contributed by atoms with Gasteiger partial charge in [0.1, 0.15) is 17.1 Å². The first kappa shape index (κ1) is 14.8. The number of benzene rings is 2. The zero-order valence-corrected chi connectivity index (χ0v) is 12.8. The van der Waals surface area contributed by atoms with Gasteiger partial charge in [-0.2, -0.15) is 0 Å². The van der Waals surface area contributed by atoms with Crippen molar-refractivity contribution in [1.29, 1.82) is 0 Å². The van der Waals surface area contributed by atoms with Gasteiger partial charge in [0, 0.05) is 11.5 Å². The van der Waals surface area contributed by atoms with Crippen molar-refractivity contribution in [2.24, 2.45) is 5.73 Å². The highest BCUT2D eigenvalue weighted by Crippen LogP contribution is 2.34. The standard InChI is InChI=1S/C17H16N2O4/c1-21-11-5-10(6-12(8-11)22-2)9-3-4-13-14(7-9)23-16(15(13)18)17(19)20/h3-8H,18H2,1-2H3,(H2,19,20). The van der Waals surface area contributed by atoms with E-state index in [9.17, 15) is 4.79 Å². The Balaban J connectivity index is 2.15. The Kier molecular flexibility index (Phi) is 3.57. The number of carbonyl (C=O) groups is 1. The number of fused-ring (bicyclic) bond motifs is 1. The molecule has 23 heavy (non-hydrogen) atoms. The molecule has 0 unspecified atom stereocenters. The topological polar surface area (TPSA) is 101 Å². The number of primary amides is 1. The summed E-state index contributed by atoms with van der Waals surface area (Å²) in [6.45, 7) is 0. The molecule has 0 aliphatic carbocycles. The highest BCUT2D eigenvalue weighted by atomic mass is 16.5. The zero-order valence-electron chi connectivity index (χ0n) is 12.8. The van der Waals surface area contributed by atoms with Crippen LogP contribution in [0.2, 0.25) is 0 Å². The van der Waals surface area contributed by atoms with Crippen LogP contribution >= 0.6 is 0 Å². The van der Waals surface area contributed by atoms with Crippen LogP contribution in [0.15, 0.2) is 40.8 Å². The molecular formula is C17H16N2O4. The minimum absolute atomic E-state index is 0.0274. The van der Waals surface area contributed by atoms with Gasteiger partial charge in [-0.1, -0.05) is 6.07 Å². The van der Waals surface area contributed by atoms with Gasteiger partial charge in [0.15, 0.2) is 0 Å². The number of rotatable bonds is 4. The molecule has 2 aromatic carbocycles. The fourth-order valence-corrected chi connectivity index (χ4v) is 2.45. The fraction of sp³-hybridized carbons (Fsp3) is 0.118. The van der Waals surface area contributed by atoms with Crippen LogP contribution in [-0.2, 0) is 0 Å². The molecular weight excluding hydrogens is 296 g/mol. The fourth-order valence-electron chi connectivity index (χ4n) is 2.45. The number of nitrogens with two attached hydrogens (primary N) is 2. The van der Waals surface area contributed by atoms with Gasteiger partial charge in [-0.25, -0.2) is 0 Å². The van der Waals surface area contributed by atoms with Crippen molar-refractivity contribution in [3.63, 3.8) is 0 Å². The maximum absolute atomic E-state index is 11.3. The van der Waals surface area contributed by atoms with Crippen LogP contribution < -0.4 is 20.9 Å². The summed E-state index contributed by atoms with van der Waals surface area (Å²) in [5.41, 5.74) is 13.7. The van der Waals surface area contributed by atoms with Gasteiger partial charge in [0.05, 0.1) is 19.9 Å². The average molecular weight is 312 g/mol. The molecule has 1 heterocycles. The lowest BCUT2D eigenvalue weighted by Crippen LogP contribution is -2.11. The van der Waals surface area contributed by atoms with Gasteiger partial charge in [-0.3, -0.25) is 4.79 Å². The van der Waals surface area contributed by atoms with Crippen molar-refractivity contribution in [2.75, 3.05) is 20.0 Å². The summed E-state index contributed by atoms with van der Waals surface area (Å²) in [6.07, 6.45) is 0. The van der Waals surface area contributed by atoms with Crippen LogP contribution in [0, 0.1) is 0 Å². The van der Waals surface area contributed by atoms with E-state index in [-0.39, 0.29) is 11.4 Å². The summed E-state index contributed by atoms with van der Waals surface area (Å²) in [5, 5.41) is 0.650. The molecule has 0 fully saturated rings. The van der Waals surface area contributed by atoms with Gasteiger partial charge >= 0.3 is 0 Å². The summed E-state index contributed by atoms with van der Waals surface area (Å²) < 4.78 is 16.0. The van der Waals surface area contributed by atoms with Gasteiger partial charge in [-0.05, 0) is 35.4 Å². The highest BCUT2D eigenvalue weighted by molar-refractivity contribution is 6.05. The van der Waals surface area contributed by atoms with E-state index in [0.29, 0.717) is 22.5 Å². The van der Waals surface area contributed by atoms with Crippen molar-refractivity contribution in [3.8, 4) is 22.6 Å². The highest BCUT2D eigenvalue weighted by Gasteiger charge is 2.16. The number of anilines is 1. The van der Waals surface area contributed by atoms with Crippen LogP contribution in [0.1, 0.15) is 10.6 Å². The Labute approximate surface area is 132 Å². The van der Waals surface area contributed by atoms with Crippen LogP contribution in [-0.4, -0.2) is 20.1 Å². The summed E-state index contributed by atoms with van der Waals surface area (Å²) in [5.74, 6) is 0.635. The molecule has 0 saturated carbocycles. The summed E-state index contributed by atoms with van der Waals surface area (Å²) in [6, 6.07) is 11.0. The number of methoxy groups -OCH3 is 2. The molecule has 0 radical (unpaired) electrons. The van der Waals surface area contributed by atoms with E-state index in [1.165, 1.54) is 0 Å². The van der Waals surface area contributed by atoms with Crippen LogP contribution in [0.4, 0.5) is 5.69 Å². The largest absolute Gasteiger partial charge is 0.497 e. The molecule has 4 N–H and O–H groups in total. The number of carbonyl (C=O) groups excluding carboxylic acids is 1. The van der Waals surface area contributed by atoms with Crippen LogP contribution in [0.25, 0.3) is 22.1 Å². The third-order valence-corrected chi connectivity index (χ3v) is 3.64. The first-order valence-electron chi connectivity index (χ1n) is 6.88. The van der Waals surface area contributed by atoms with Crippen molar-refractivity contribution in [1.82, 2.24) is 0 Å². The molecule has 0 saturated heterocycles. The minimum Gasteiger partial charge on any atom is -0.497 e. The summed E-state index contributed by atoms with van der Waals surface area (Å²) in [4.78, 5) is 11.3. The predicted molar refractivity (Wildman–Crippen MR) is 87.7 cm³/mol. The lowest BCUT2D eigenvalue weighted by molar-refractivity contribution is 0.0977. The van der Waals surface area contributed by atoms with E-state index in [0.717, 1.165) is 11.1 Å². The lowest BCUT2D eigenvalue weighted by atomic mass is 10.0. The molecule has 1 aromatic heterocycles. The second-order valence-corrected chi connectivity index (χ2v) is 5.02. The molecule has 3 aromatic rings. The molecule has 0 aliphatic heterocycles. The van der Waals surface area contributed by atoms with Crippen molar-refractivity contribution in [2.45, 2.75) is 0 Å². The van der Waals surface area contributed by atoms with E-state index in [4.69, 9.17) is 25.4 Å². The van der Waals surface area contributed by atoms with Crippen molar-refractivity contribution in [3.05, 3.63) is 42.2 Å². The second kappa shape index (κ2) is 5.57. The van der Waals surface area contributed by atoms with Gasteiger partial charge in [0.2, 0.25) is 5.76 Å². The molecule has 3 rings (SSSR count). The van der Waals surface area contributed by atoms with E-state index in [1.807, 2.05) is 18.2 Å². The smallest absolute Gasteiger partial charge is 0.286 e. The number of amides is 1. The first-order valence-corrected chi connectivity index (χ1v) is 6.88. The van der Waals surface area contributed by atoms with Crippen LogP contribution in [0.5, 0.6) is 11.5 Å². The predicted octanol–water partition coefficient (Wildman–Crippen LogP) is 2.80. The Morgan fingerprint density at radius 2 is 1.65 bits per heavy atom. The number of hydrogen-bond acceptors (Lipinski definition) is 5. The first-order chi connectivity index (χ1) is 11.0. The molecule has 6 nitrogen and oxygen atoms in total. The quantitative estimate of drug-likeness (QED) is 0.771. The molecule has 0 bridgehead atoms. The second-order valence-electron chi connectivity index (χ2n) is 5.02. The Morgan fingerprint density at radius 3 is 2.22 bits per heavy atom. The Morgan fingerprint density at radius 1 is 1.00 bits per heavy atom. The minimum atomic E-state index is -0.691. The molecule has 0 aliphatic rings. The number of furan rings is 1. The maximum Gasteiger partial charge on any atom is 0.286 e. The molecule has 0 spiro atoms. The van der Waals surface area contributed by atoms with E-state index >= 15 is 0 Å². The molecule has 6 heteroatoms. The average Bonchev–Trinajstić information content (AvgIpc) is 2.91. The number of nitrogen functional groups attached to an aromatic ring is 1. The van der Waals surface area contributed by atoms with Gasteiger partial charge in [-0.15, -0.1) is 0 Å². The zero-order chi connectivity index (χ0) is 16.6. The SMILES string of the molecule is COc1cc(OC)cc(-c2ccc3c(N)c(C(N)=O)oc3c2)c1. The van der Waals surface area contributed by atoms with Gasteiger partial charge in [0.25, 0.3) is 5.91 Å².